The number of aromatic hydroxyl groups is 1. The van der Waals surface area contributed by atoms with Crippen LogP contribution in [0.5, 0.6) is 5.75 Å². The molecule has 1 fully saturated rings. The van der Waals surface area contributed by atoms with Gasteiger partial charge >= 0.3 is 6.18 Å². The highest BCUT2D eigenvalue weighted by molar-refractivity contribution is 6.25. The second-order valence-corrected chi connectivity index (χ2v) is 11.8. The molecular formula is C29H33F3N2O7. The molecule has 41 heavy (non-hydrogen) atoms. The Kier molecular flexibility index (Phi) is 7.11. The molecule has 1 heterocycles. The van der Waals surface area contributed by atoms with Gasteiger partial charge in [0.1, 0.15) is 22.8 Å². The molecule has 0 amide bonds. The molecule has 1 saturated heterocycles. The average molecular weight is 579 g/mol. The van der Waals surface area contributed by atoms with Gasteiger partial charge in [-0.05, 0) is 82.9 Å². The summed E-state index contributed by atoms with van der Waals surface area (Å²) in [5.74, 6) is -7.67. The number of aliphatic hydroxyl groups is 3. The number of likely N-dealkylation sites (N-methyl/N-ethyl adjacent to an activating group) is 1. The van der Waals surface area contributed by atoms with Gasteiger partial charge < -0.3 is 20.4 Å². The van der Waals surface area contributed by atoms with E-state index in [0.29, 0.717) is 11.1 Å². The number of piperidine rings is 1. The number of nitrogens with zero attached hydrogens (tertiary/aromatic N) is 2. The third-order valence-electron chi connectivity index (χ3n) is 9.25. The molecule has 3 aliphatic carbocycles. The molecule has 4 aliphatic rings. The second kappa shape index (κ2) is 9.95. The van der Waals surface area contributed by atoms with Crippen molar-refractivity contribution in [1.29, 1.82) is 0 Å². The van der Waals surface area contributed by atoms with Crippen molar-refractivity contribution in [2.45, 2.75) is 57.0 Å². The van der Waals surface area contributed by atoms with E-state index < -0.39 is 70.0 Å². The van der Waals surface area contributed by atoms with E-state index in [9.17, 15) is 48.0 Å². The van der Waals surface area contributed by atoms with E-state index in [4.69, 9.17) is 0 Å². The maximum atomic E-state index is 13.8. The summed E-state index contributed by atoms with van der Waals surface area (Å²) in [7, 11) is 3.18. The van der Waals surface area contributed by atoms with E-state index >= 15 is 0 Å². The Morgan fingerprint density at radius 3 is 2.32 bits per heavy atom. The van der Waals surface area contributed by atoms with Crippen LogP contribution in [-0.4, -0.2) is 92.6 Å². The number of carbonyl (C=O) groups is 3. The highest BCUT2D eigenvalue weighted by Crippen LogP contribution is 2.52. The van der Waals surface area contributed by atoms with Crippen molar-refractivity contribution in [1.82, 2.24) is 9.80 Å². The molecule has 12 heteroatoms. The molecule has 0 spiro atoms. The minimum Gasteiger partial charge on any atom is -0.510 e. The number of carbonyl (C=O) groups excluding carboxylic acids is 3. The molecule has 5 rings (SSSR count). The average Bonchev–Trinajstić information content (AvgIpc) is 2.87. The fraction of sp³-hybridized carbons (Fsp3) is 0.552. The number of likely N-dealkylation sites (tertiary alicyclic amines) is 1. The normalized spacial score (nSPS) is 29.5. The Hall–Kier alpha value is -3.22. The number of allylic oxidation sites excluding steroid dienone is 1. The van der Waals surface area contributed by atoms with E-state index in [1.54, 1.807) is 20.2 Å². The van der Waals surface area contributed by atoms with Crippen LogP contribution in [0.15, 0.2) is 34.8 Å². The summed E-state index contributed by atoms with van der Waals surface area (Å²) < 4.78 is 39.4. The van der Waals surface area contributed by atoms with Crippen molar-refractivity contribution in [3.05, 3.63) is 51.5 Å². The van der Waals surface area contributed by atoms with Crippen molar-refractivity contribution < 1.29 is 48.0 Å². The number of fused-ring (bicyclic) bond motifs is 3. The SMILES string of the molecule is CC(=O)C1=C(O)[C@@H](N(C)C)[C@@H]2C[C@@H]3Cc4c(CN5CCC(C(F)(F)F)CC5)ccc(O)c4C(=O)C3=C(O)[C@]2(O)C1=O. The van der Waals surface area contributed by atoms with Gasteiger partial charge in [-0.15, -0.1) is 0 Å². The second-order valence-electron chi connectivity index (χ2n) is 11.8. The molecule has 0 aromatic heterocycles. The number of alkyl halides is 3. The molecular weight excluding hydrogens is 545 g/mol. The van der Waals surface area contributed by atoms with Gasteiger partial charge in [-0.3, -0.25) is 24.2 Å². The van der Waals surface area contributed by atoms with E-state index in [1.165, 1.54) is 11.0 Å². The monoisotopic (exact) mass is 578 g/mol. The molecule has 222 valence electrons. The van der Waals surface area contributed by atoms with Gasteiger partial charge in [0, 0.05) is 18.0 Å². The van der Waals surface area contributed by atoms with Gasteiger partial charge in [0.05, 0.1) is 17.5 Å². The van der Waals surface area contributed by atoms with Crippen LogP contribution in [0.25, 0.3) is 0 Å². The number of aliphatic hydroxyl groups excluding tert-OH is 2. The van der Waals surface area contributed by atoms with Crippen LogP contribution in [0, 0.1) is 17.8 Å². The largest absolute Gasteiger partial charge is 0.510 e. The number of benzene rings is 1. The first-order valence-corrected chi connectivity index (χ1v) is 13.6. The molecule has 0 saturated carbocycles. The van der Waals surface area contributed by atoms with E-state index in [2.05, 4.69) is 0 Å². The lowest BCUT2D eigenvalue weighted by Gasteiger charge is -2.50. The topological polar surface area (TPSA) is 139 Å². The van der Waals surface area contributed by atoms with Gasteiger partial charge in [-0.2, -0.15) is 13.2 Å². The van der Waals surface area contributed by atoms with Crippen LogP contribution >= 0.6 is 0 Å². The number of halogens is 3. The standard InChI is InChI=1S/C29H33F3N2O7/c1-13(35)20-25(38)23(33(2)3)18-11-15-10-17-14(12-34-8-6-16(7-9-34)29(30,31)32)4-5-19(36)22(17)24(37)21(15)27(40)28(18,41)26(20)39/h4-5,15-16,18,23,36,38,40-41H,6-12H2,1-3H3/t15-,18-,23-,28+/m0/s1. The first-order valence-electron chi connectivity index (χ1n) is 13.6. The van der Waals surface area contributed by atoms with E-state index in [-0.39, 0.29) is 62.2 Å². The molecule has 0 bridgehead atoms. The van der Waals surface area contributed by atoms with Crippen LogP contribution in [0.4, 0.5) is 13.2 Å². The predicted octanol–water partition coefficient (Wildman–Crippen LogP) is 3.00. The smallest absolute Gasteiger partial charge is 0.391 e. The van der Waals surface area contributed by atoms with E-state index in [1.807, 2.05) is 4.90 Å². The predicted molar refractivity (Wildman–Crippen MR) is 139 cm³/mol. The van der Waals surface area contributed by atoms with Gasteiger partial charge in [-0.25, -0.2) is 0 Å². The molecule has 1 aliphatic heterocycles. The maximum absolute atomic E-state index is 13.8. The van der Waals surface area contributed by atoms with Crippen LogP contribution in [0.2, 0.25) is 0 Å². The van der Waals surface area contributed by atoms with Gasteiger partial charge in [0.15, 0.2) is 17.2 Å². The molecule has 4 atom stereocenters. The maximum Gasteiger partial charge on any atom is 0.391 e. The number of ketones is 3. The van der Waals surface area contributed by atoms with Crippen LogP contribution < -0.4 is 0 Å². The molecule has 4 N–H and O–H groups in total. The lowest BCUT2D eigenvalue weighted by atomic mass is 9.58. The number of phenolic OH excluding ortho intramolecular Hbond substituents is 1. The number of Topliss-reactive ketones (excluding diaryl/α,β-unsaturated/α-hetero) is 3. The fourth-order valence-corrected chi connectivity index (χ4v) is 7.22. The summed E-state index contributed by atoms with van der Waals surface area (Å²) in [6.07, 6.45) is -4.17. The summed E-state index contributed by atoms with van der Waals surface area (Å²) in [5.41, 5.74) is -2.46. The summed E-state index contributed by atoms with van der Waals surface area (Å²) in [5, 5.41) is 44.7. The zero-order valence-electron chi connectivity index (χ0n) is 23.0. The molecule has 0 radical (unpaired) electrons. The lowest BCUT2D eigenvalue weighted by Crippen LogP contribution is -2.63. The van der Waals surface area contributed by atoms with Gasteiger partial charge in [-0.1, -0.05) is 6.07 Å². The molecule has 1 aromatic rings. The van der Waals surface area contributed by atoms with Crippen LogP contribution in [-0.2, 0) is 22.6 Å². The van der Waals surface area contributed by atoms with Gasteiger partial charge in [0.25, 0.3) is 0 Å². The Morgan fingerprint density at radius 2 is 1.76 bits per heavy atom. The third kappa shape index (κ3) is 4.47. The summed E-state index contributed by atoms with van der Waals surface area (Å²) in [4.78, 5) is 43.0. The summed E-state index contributed by atoms with van der Waals surface area (Å²) in [6, 6.07) is 1.93. The van der Waals surface area contributed by atoms with Crippen LogP contribution in [0.3, 0.4) is 0 Å². The van der Waals surface area contributed by atoms with Crippen molar-refractivity contribution >= 4 is 17.3 Å². The molecule has 0 unspecified atom stereocenters. The highest BCUT2D eigenvalue weighted by Gasteiger charge is 2.63. The molecule has 1 aromatic carbocycles. The van der Waals surface area contributed by atoms with E-state index in [0.717, 1.165) is 6.92 Å². The van der Waals surface area contributed by atoms with Crippen molar-refractivity contribution in [2.24, 2.45) is 17.8 Å². The highest BCUT2D eigenvalue weighted by atomic mass is 19.4. The molecule has 9 nitrogen and oxygen atoms in total. The first-order chi connectivity index (χ1) is 19.1. The minimum atomic E-state index is -4.25. The number of rotatable bonds is 4. The zero-order valence-corrected chi connectivity index (χ0v) is 23.0. The Morgan fingerprint density at radius 1 is 1.12 bits per heavy atom. The Bertz CT molecular complexity index is 1390. The number of hydrogen-bond donors (Lipinski definition) is 4. The minimum absolute atomic E-state index is 0.00300. The third-order valence-corrected chi connectivity index (χ3v) is 9.25. The fourth-order valence-electron chi connectivity index (χ4n) is 7.22. The van der Waals surface area contributed by atoms with Crippen molar-refractivity contribution in [2.75, 3.05) is 27.2 Å². The number of hydrogen-bond acceptors (Lipinski definition) is 9. The summed E-state index contributed by atoms with van der Waals surface area (Å²) in [6.45, 7) is 1.75. The number of phenols is 1. The Labute approximate surface area is 234 Å². The summed E-state index contributed by atoms with van der Waals surface area (Å²) >= 11 is 0. The lowest BCUT2D eigenvalue weighted by molar-refractivity contribution is -0.185. The Balaban J connectivity index is 1.54. The van der Waals surface area contributed by atoms with Gasteiger partial charge in [0.2, 0.25) is 5.78 Å². The quantitative estimate of drug-likeness (QED) is 0.397. The first kappa shape index (κ1) is 29.3. The van der Waals surface area contributed by atoms with Crippen LogP contribution in [0.1, 0.15) is 47.7 Å². The van der Waals surface area contributed by atoms with Crippen molar-refractivity contribution in [3.8, 4) is 5.75 Å². The van der Waals surface area contributed by atoms with Crippen molar-refractivity contribution in [3.63, 3.8) is 0 Å². The zero-order chi connectivity index (χ0) is 30.2.